The molecule has 2 aliphatic rings. The number of hydrogen-bond donors (Lipinski definition) is 2. The van der Waals surface area contributed by atoms with Crippen molar-refractivity contribution in [2.75, 3.05) is 10.6 Å². The lowest BCUT2D eigenvalue weighted by Crippen LogP contribution is -2.44. The van der Waals surface area contributed by atoms with Gasteiger partial charge in [-0.25, -0.2) is 0 Å². The minimum Gasteiger partial charge on any atom is -0.374 e. The second-order valence-electron chi connectivity index (χ2n) is 5.62. The highest BCUT2D eigenvalue weighted by Crippen LogP contribution is 2.42. The van der Waals surface area contributed by atoms with Crippen LogP contribution in [0.4, 0.5) is 17.1 Å². The number of rotatable bonds is 4. The number of carbonyl (C=O) groups is 1. The molecular weight excluding hydrogens is 258 g/mol. The predicted molar refractivity (Wildman–Crippen MR) is 75.9 cm³/mol. The molecule has 6 heteroatoms. The molecule has 3 rings (SSSR count). The van der Waals surface area contributed by atoms with Crippen molar-refractivity contribution in [2.45, 2.75) is 44.6 Å². The molecule has 20 heavy (non-hydrogen) atoms. The second kappa shape index (κ2) is 4.47. The van der Waals surface area contributed by atoms with Gasteiger partial charge in [0.05, 0.1) is 11.3 Å². The van der Waals surface area contributed by atoms with E-state index >= 15 is 0 Å². The van der Waals surface area contributed by atoms with Crippen LogP contribution in [0.3, 0.4) is 0 Å². The summed E-state index contributed by atoms with van der Waals surface area (Å²) in [7, 11) is 0. The van der Waals surface area contributed by atoms with Crippen molar-refractivity contribution in [3.05, 3.63) is 27.8 Å². The van der Waals surface area contributed by atoms with E-state index in [0.29, 0.717) is 16.9 Å². The smallest absolute Gasteiger partial charge is 0.292 e. The number of hydrogen-bond acceptors (Lipinski definition) is 4. The fourth-order valence-corrected chi connectivity index (χ4v) is 2.97. The molecule has 1 aromatic rings. The molecule has 0 radical (unpaired) electrons. The van der Waals surface area contributed by atoms with Crippen molar-refractivity contribution in [3.63, 3.8) is 0 Å². The van der Waals surface area contributed by atoms with Crippen LogP contribution in [0.5, 0.6) is 0 Å². The van der Waals surface area contributed by atoms with E-state index in [1.807, 2.05) is 0 Å². The van der Waals surface area contributed by atoms with E-state index in [0.717, 1.165) is 25.7 Å². The first kappa shape index (κ1) is 12.9. The van der Waals surface area contributed by atoms with E-state index in [4.69, 9.17) is 0 Å². The minimum absolute atomic E-state index is 0.0262. The highest BCUT2D eigenvalue weighted by atomic mass is 16.6. The van der Waals surface area contributed by atoms with Gasteiger partial charge in [0.25, 0.3) is 5.69 Å². The van der Waals surface area contributed by atoms with Crippen LogP contribution >= 0.6 is 0 Å². The van der Waals surface area contributed by atoms with Gasteiger partial charge in [-0.2, -0.15) is 0 Å². The van der Waals surface area contributed by atoms with Gasteiger partial charge in [-0.1, -0.05) is 6.92 Å². The fourth-order valence-electron chi connectivity index (χ4n) is 2.97. The number of anilines is 2. The Morgan fingerprint density at radius 3 is 2.75 bits per heavy atom. The van der Waals surface area contributed by atoms with E-state index in [-0.39, 0.29) is 28.5 Å². The summed E-state index contributed by atoms with van der Waals surface area (Å²) < 4.78 is 0. The molecule has 1 aromatic carbocycles. The molecule has 6 nitrogen and oxygen atoms in total. The molecule has 1 aliphatic heterocycles. The Kier molecular flexibility index (Phi) is 2.88. The number of carbonyl (C=O) groups excluding carboxylic acids is 1. The summed E-state index contributed by atoms with van der Waals surface area (Å²) in [5.41, 5.74) is 1.93. The van der Waals surface area contributed by atoms with Crippen molar-refractivity contribution >= 4 is 23.0 Å². The highest BCUT2D eigenvalue weighted by molar-refractivity contribution is 6.00. The predicted octanol–water partition coefficient (Wildman–Crippen LogP) is 2.83. The minimum atomic E-state index is -0.382. The van der Waals surface area contributed by atoms with Gasteiger partial charge in [-0.15, -0.1) is 0 Å². The first-order chi connectivity index (χ1) is 9.53. The third-order valence-electron chi connectivity index (χ3n) is 4.43. The summed E-state index contributed by atoms with van der Waals surface area (Å²) in [5.74, 6) is -0.111. The second-order valence-corrected chi connectivity index (χ2v) is 5.62. The van der Waals surface area contributed by atoms with Gasteiger partial charge >= 0.3 is 0 Å². The van der Waals surface area contributed by atoms with Crippen LogP contribution in [-0.2, 0) is 11.2 Å². The molecule has 0 bridgehead atoms. The summed E-state index contributed by atoms with van der Waals surface area (Å²) in [6.45, 7) is 2.09. The Morgan fingerprint density at radius 1 is 1.45 bits per heavy atom. The van der Waals surface area contributed by atoms with Crippen molar-refractivity contribution in [2.24, 2.45) is 0 Å². The SMILES string of the molecule is CCC1(Nc2cc3c(cc2[N+](=O)[O-])CC(=O)N3)CCC1. The molecule has 0 atom stereocenters. The van der Waals surface area contributed by atoms with Crippen LogP contribution < -0.4 is 10.6 Å². The van der Waals surface area contributed by atoms with E-state index < -0.39 is 0 Å². The standard InChI is InChI=1S/C14H17N3O3/c1-2-14(4-3-5-14)16-11-8-10-9(7-13(18)15-10)6-12(11)17(19)20/h6,8,16H,2-5,7H2,1H3,(H,15,18). The maximum absolute atomic E-state index is 11.4. The number of nitrogens with zero attached hydrogens (tertiary/aromatic N) is 1. The van der Waals surface area contributed by atoms with Crippen LogP contribution in [0, 0.1) is 10.1 Å². The molecule has 0 unspecified atom stereocenters. The number of benzene rings is 1. The van der Waals surface area contributed by atoms with Crippen LogP contribution in [-0.4, -0.2) is 16.4 Å². The van der Waals surface area contributed by atoms with Crippen LogP contribution in [0.25, 0.3) is 0 Å². The number of nitro benzene ring substituents is 1. The molecule has 1 aliphatic carbocycles. The van der Waals surface area contributed by atoms with Crippen molar-refractivity contribution in [1.29, 1.82) is 0 Å². The molecule has 1 amide bonds. The first-order valence-corrected chi connectivity index (χ1v) is 6.92. The lowest BCUT2D eigenvalue weighted by molar-refractivity contribution is -0.384. The van der Waals surface area contributed by atoms with Gasteiger partial charge in [0.15, 0.2) is 0 Å². The zero-order valence-corrected chi connectivity index (χ0v) is 11.4. The summed E-state index contributed by atoms with van der Waals surface area (Å²) >= 11 is 0. The van der Waals surface area contributed by atoms with Crippen molar-refractivity contribution < 1.29 is 9.72 Å². The third kappa shape index (κ3) is 2.01. The van der Waals surface area contributed by atoms with E-state index in [1.165, 1.54) is 6.07 Å². The van der Waals surface area contributed by atoms with E-state index in [2.05, 4.69) is 17.6 Å². The Bertz CT molecular complexity index is 588. The highest BCUT2D eigenvalue weighted by Gasteiger charge is 2.37. The summed E-state index contributed by atoms with van der Waals surface area (Å²) in [4.78, 5) is 22.3. The van der Waals surface area contributed by atoms with Gasteiger partial charge in [-0.05, 0) is 37.3 Å². The lowest BCUT2D eigenvalue weighted by atomic mass is 9.74. The van der Waals surface area contributed by atoms with Crippen LogP contribution in [0.1, 0.15) is 38.2 Å². The lowest BCUT2D eigenvalue weighted by Gasteiger charge is -2.42. The van der Waals surface area contributed by atoms with E-state index in [9.17, 15) is 14.9 Å². The Labute approximate surface area is 116 Å². The van der Waals surface area contributed by atoms with Crippen LogP contribution in [0.2, 0.25) is 0 Å². The summed E-state index contributed by atoms with van der Waals surface area (Å²) in [5, 5.41) is 17.3. The zero-order chi connectivity index (χ0) is 14.3. The number of fused-ring (bicyclic) bond motifs is 1. The molecule has 0 spiro atoms. The van der Waals surface area contributed by atoms with Gasteiger partial charge in [0.1, 0.15) is 5.69 Å². The zero-order valence-electron chi connectivity index (χ0n) is 11.4. The molecule has 1 saturated carbocycles. The van der Waals surface area contributed by atoms with Gasteiger partial charge in [0.2, 0.25) is 5.91 Å². The average Bonchev–Trinajstić information content (AvgIpc) is 2.71. The Balaban J connectivity index is 1.99. The molecule has 0 aromatic heterocycles. The first-order valence-electron chi connectivity index (χ1n) is 6.92. The number of nitro groups is 1. The van der Waals surface area contributed by atoms with Crippen LogP contribution in [0.15, 0.2) is 12.1 Å². The largest absolute Gasteiger partial charge is 0.374 e. The topological polar surface area (TPSA) is 84.3 Å². The van der Waals surface area contributed by atoms with E-state index in [1.54, 1.807) is 6.07 Å². The van der Waals surface area contributed by atoms with Crippen molar-refractivity contribution in [3.8, 4) is 0 Å². The van der Waals surface area contributed by atoms with Gasteiger partial charge < -0.3 is 10.6 Å². The monoisotopic (exact) mass is 275 g/mol. The molecule has 106 valence electrons. The van der Waals surface area contributed by atoms with Crippen molar-refractivity contribution in [1.82, 2.24) is 0 Å². The van der Waals surface area contributed by atoms with Gasteiger partial charge in [0, 0.05) is 17.3 Å². The molecule has 1 heterocycles. The third-order valence-corrected chi connectivity index (χ3v) is 4.43. The molecular formula is C14H17N3O3. The quantitative estimate of drug-likeness (QED) is 0.653. The fraction of sp³-hybridized carbons (Fsp3) is 0.500. The summed E-state index contributed by atoms with van der Waals surface area (Å²) in [6.07, 6.45) is 4.37. The number of nitrogens with one attached hydrogen (secondary N) is 2. The molecule has 2 N–H and O–H groups in total. The molecule has 0 saturated heterocycles. The average molecular weight is 275 g/mol. The normalized spacial score (nSPS) is 18.9. The number of amides is 1. The Morgan fingerprint density at radius 2 is 2.20 bits per heavy atom. The van der Waals surface area contributed by atoms with Gasteiger partial charge in [-0.3, -0.25) is 14.9 Å². The molecule has 1 fully saturated rings. The Hall–Kier alpha value is -2.11. The maximum Gasteiger partial charge on any atom is 0.292 e. The summed E-state index contributed by atoms with van der Waals surface area (Å²) in [6, 6.07) is 3.21. The maximum atomic E-state index is 11.4.